The molecule has 0 aliphatic carbocycles. The van der Waals surface area contributed by atoms with Gasteiger partial charge in [-0.3, -0.25) is 0 Å². The Morgan fingerprint density at radius 2 is 1.77 bits per heavy atom. The van der Waals surface area contributed by atoms with Crippen molar-refractivity contribution in [3.05, 3.63) is 82.7 Å². The van der Waals surface area contributed by atoms with E-state index in [2.05, 4.69) is 51.1 Å². The van der Waals surface area contributed by atoms with Crippen LogP contribution in [0.1, 0.15) is 42.0 Å². The molecule has 2 unspecified atom stereocenters. The summed E-state index contributed by atoms with van der Waals surface area (Å²) in [6.07, 6.45) is 1.94. The second-order valence-electron chi connectivity index (χ2n) is 8.34. The van der Waals surface area contributed by atoms with Crippen LogP contribution in [0.3, 0.4) is 0 Å². The third-order valence-electron chi connectivity index (χ3n) is 6.22. The Labute approximate surface area is 178 Å². The molecule has 0 aromatic heterocycles. The summed E-state index contributed by atoms with van der Waals surface area (Å²) in [6.45, 7) is 7.24. The van der Waals surface area contributed by atoms with Crippen molar-refractivity contribution in [3.63, 3.8) is 0 Å². The maximum Gasteiger partial charge on any atom is 0.130 e. The highest BCUT2D eigenvalue weighted by molar-refractivity contribution is 5.74. The van der Waals surface area contributed by atoms with Gasteiger partial charge in [0.05, 0.1) is 13.7 Å². The molecule has 0 saturated heterocycles. The summed E-state index contributed by atoms with van der Waals surface area (Å²) in [4.78, 5) is 0. The first-order valence-corrected chi connectivity index (χ1v) is 10.7. The number of rotatable bonds is 5. The fraction of sp³-hybridized carbons (Fsp3) is 0.333. The van der Waals surface area contributed by atoms with Gasteiger partial charge in [0, 0.05) is 11.5 Å². The van der Waals surface area contributed by atoms with E-state index in [1.54, 1.807) is 7.11 Å². The molecule has 4 rings (SSSR count). The van der Waals surface area contributed by atoms with Crippen LogP contribution in [0.2, 0.25) is 0 Å². The molecule has 0 N–H and O–H groups in total. The van der Waals surface area contributed by atoms with Crippen molar-refractivity contribution >= 4 is 0 Å². The van der Waals surface area contributed by atoms with Crippen molar-refractivity contribution in [3.8, 4) is 22.6 Å². The lowest BCUT2D eigenvalue weighted by molar-refractivity contribution is 0.199. The Morgan fingerprint density at radius 3 is 2.47 bits per heavy atom. The summed E-state index contributed by atoms with van der Waals surface area (Å²) >= 11 is 0. The molecular formula is C27H29FO2. The van der Waals surface area contributed by atoms with E-state index in [1.807, 2.05) is 12.1 Å². The zero-order valence-electron chi connectivity index (χ0n) is 18.2. The topological polar surface area (TPSA) is 18.5 Å². The number of ether oxygens (including phenoxy) is 2. The number of benzene rings is 3. The van der Waals surface area contributed by atoms with Gasteiger partial charge in [-0.15, -0.1) is 0 Å². The van der Waals surface area contributed by atoms with Gasteiger partial charge in [0.1, 0.15) is 17.3 Å². The standard InChI is InChI=1S/C27H29FO2/c1-5-19-12-20(15-24(14-19)29-4)13-22-16-30-27-25(18(22)3)10-17(2)11-26(27)21-6-8-23(28)9-7-21/h6-12,14-15,18,22H,5,13,16H2,1-4H3. The number of fused-ring (bicyclic) bond motifs is 1. The minimum absolute atomic E-state index is 0.223. The van der Waals surface area contributed by atoms with Crippen LogP contribution in [0.5, 0.6) is 11.5 Å². The smallest absolute Gasteiger partial charge is 0.130 e. The summed E-state index contributed by atoms with van der Waals surface area (Å²) in [5, 5.41) is 0. The molecule has 0 bridgehead atoms. The largest absolute Gasteiger partial charge is 0.497 e. The zero-order chi connectivity index (χ0) is 21.3. The molecule has 3 heteroatoms. The summed E-state index contributed by atoms with van der Waals surface area (Å²) in [5.41, 5.74) is 7.06. The van der Waals surface area contributed by atoms with E-state index >= 15 is 0 Å². The van der Waals surface area contributed by atoms with E-state index in [0.29, 0.717) is 18.4 Å². The number of methoxy groups -OCH3 is 1. The average Bonchev–Trinajstić information content (AvgIpc) is 2.76. The van der Waals surface area contributed by atoms with Crippen molar-refractivity contribution in [2.45, 2.75) is 39.5 Å². The van der Waals surface area contributed by atoms with Crippen LogP contribution in [0.15, 0.2) is 54.6 Å². The molecular weight excluding hydrogens is 375 g/mol. The highest BCUT2D eigenvalue weighted by atomic mass is 19.1. The van der Waals surface area contributed by atoms with Gasteiger partial charge >= 0.3 is 0 Å². The molecule has 1 heterocycles. The van der Waals surface area contributed by atoms with Gasteiger partial charge in [-0.25, -0.2) is 4.39 Å². The first-order valence-electron chi connectivity index (χ1n) is 10.7. The lowest BCUT2D eigenvalue weighted by atomic mass is 9.80. The van der Waals surface area contributed by atoms with Crippen molar-refractivity contribution in [1.29, 1.82) is 0 Å². The number of hydrogen-bond acceptors (Lipinski definition) is 2. The molecule has 3 aromatic carbocycles. The Morgan fingerprint density at radius 1 is 1.03 bits per heavy atom. The van der Waals surface area contributed by atoms with E-state index in [4.69, 9.17) is 9.47 Å². The molecule has 0 fully saturated rings. The van der Waals surface area contributed by atoms with E-state index in [-0.39, 0.29) is 5.82 Å². The minimum atomic E-state index is -0.223. The lowest BCUT2D eigenvalue weighted by Crippen LogP contribution is -2.26. The van der Waals surface area contributed by atoms with Crippen molar-refractivity contribution in [1.82, 2.24) is 0 Å². The van der Waals surface area contributed by atoms with Crippen LogP contribution in [-0.4, -0.2) is 13.7 Å². The number of hydrogen-bond donors (Lipinski definition) is 0. The normalized spacial score (nSPS) is 17.9. The van der Waals surface area contributed by atoms with E-state index in [9.17, 15) is 4.39 Å². The summed E-state index contributed by atoms with van der Waals surface area (Å²) < 4.78 is 25.2. The highest BCUT2D eigenvalue weighted by Gasteiger charge is 2.30. The number of aryl methyl sites for hydroxylation is 2. The van der Waals surface area contributed by atoms with Crippen molar-refractivity contribution in [2.24, 2.45) is 5.92 Å². The first kappa shape index (κ1) is 20.5. The van der Waals surface area contributed by atoms with Crippen molar-refractivity contribution < 1.29 is 13.9 Å². The Bertz CT molecular complexity index is 1020. The molecule has 30 heavy (non-hydrogen) atoms. The predicted molar refractivity (Wildman–Crippen MR) is 120 cm³/mol. The summed E-state index contributed by atoms with van der Waals surface area (Å²) in [7, 11) is 1.72. The molecule has 2 nitrogen and oxygen atoms in total. The van der Waals surface area contributed by atoms with E-state index < -0.39 is 0 Å². The number of halogens is 1. The molecule has 156 valence electrons. The Kier molecular flexibility index (Phi) is 5.80. The van der Waals surface area contributed by atoms with Gasteiger partial charge in [-0.05, 0) is 83.8 Å². The predicted octanol–water partition coefficient (Wildman–Crippen LogP) is 6.73. The third-order valence-corrected chi connectivity index (χ3v) is 6.22. The van der Waals surface area contributed by atoms with Crippen molar-refractivity contribution in [2.75, 3.05) is 13.7 Å². The van der Waals surface area contributed by atoms with Gasteiger partial charge in [0.2, 0.25) is 0 Å². The van der Waals surface area contributed by atoms with Gasteiger partial charge < -0.3 is 9.47 Å². The molecule has 0 saturated carbocycles. The second kappa shape index (κ2) is 8.51. The van der Waals surface area contributed by atoms with Gasteiger partial charge in [0.15, 0.2) is 0 Å². The third kappa shape index (κ3) is 4.07. The van der Waals surface area contributed by atoms with Gasteiger partial charge in [-0.1, -0.05) is 38.1 Å². The van der Waals surface area contributed by atoms with Crippen LogP contribution in [0.4, 0.5) is 4.39 Å². The molecule has 0 amide bonds. The molecule has 2 atom stereocenters. The fourth-order valence-electron chi connectivity index (χ4n) is 4.44. The SMILES string of the molecule is CCc1cc(CC2COc3c(-c4ccc(F)cc4)cc(C)cc3C2C)cc(OC)c1. The molecule has 1 aliphatic heterocycles. The summed E-state index contributed by atoms with van der Waals surface area (Å²) in [5.74, 6) is 2.39. The van der Waals surface area contributed by atoms with Crippen LogP contribution in [0, 0.1) is 18.7 Å². The second-order valence-corrected chi connectivity index (χ2v) is 8.34. The quantitative estimate of drug-likeness (QED) is 0.469. The molecule has 3 aromatic rings. The first-order chi connectivity index (χ1) is 14.5. The average molecular weight is 405 g/mol. The van der Waals surface area contributed by atoms with E-state index in [0.717, 1.165) is 35.5 Å². The zero-order valence-corrected chi connectivity index (χ0v) is 18.2. The van der Waals surface area contributed by atoms with Crippen LogP contribution in [-0.2, 0) is 12.8 Å². The fourth-order valence-corrected chi connectivity index (χ4v) is 4.44. The van der Waals surface area contributed by atoms with Gasteiger partial charge in [0.25, 0.3) is 0 Å². The van der Waals surface area contributed by atoms with Crippen LogP contribution in [0.25, 0.3) is 11.1 Å². The molecule has 0 spiro atoms. The molecule has 1 aliphatic rings. The maximum absolute atomic E-state index is 13.4. The monoisotopic (exact) mass is 404 g/mol. The molecule has 0 radical (unpaired) electrons. The van der Waals surface area contributed by atoms with Gasteiger partial charge in [-0.2, -0.15) is 0 Å². The maximum atomic E-state index is 13.4. The van der Waals surface area contributed by atoms with Crippen LogP contribution >= 0.6 is 0 Å². The van der Waals surface area contributed by atoms with E-state index in [1.165, 1.54) is 34.4 Å². The summed E-state index contributed by atoms with van der Waals surface area (Å²) in [6, 6.07) is 17.6. The Hall–Kier alpha value is -2.81. The minimum Gasteiger partial charge on any atom is -0.497 e. The lowest BCUT2D eigenvalue weighted by Gasteiger charge is -2.33. The highest BCUT2D eigenvalue weighted by Crippen LogP contribution is 2.44. The Balaban J connectivity index is 1.66. The van der Waals surface area contributed by atoms with Crippen LogP contribution < -0.4 is 9.47 Å².